The Morgan fingerprint density at radius 1 is 1.28 bits per heavy atom. The highest BCUT2D eigenvalue weighted by atomic mass is 16.5. The van der Waals surface area contributed by atoms with Crippen LogP contribution in [0.5, 0.6) is 0 Å². The molecule has 1 N–H and O–H groups in total. The van der Waals surface area contributed by atoms with E-state index >= 15 is 0 Å². The lowest BCUT2D eigenvalue weighted by molar-refractivity contribution is -0.156. The average molecular weight is 410 g/mol. The van der Waals surface area contributed by atoms with Crippen molar-refractivity contribution < 1.29 is 38.6 Å². The SMILES string of the molecule is [2H]C([2H])([2H])C([2H])(C(=O)O[C@H]1[C@@H]2C=C[C@H]3C[C@H](O)C[C@H]4CC(=O)C(=C[C@H]3[C@@H]2C[C@H]1C)C(=O)O4)C([2H])([2H])[2H]. The molecule has 5 rings (SSSR count). The molecule has 0 amide bonds. The van der Waals surface area contributed by atoms with E-state index in [9.17, 15) is 19.5 Å². The van der Waals surface area contributed by atoms with Crippen LogP contribution in [0.1, 0.15) is 55.9 Å². The number of carbonyl (C=O) groups excluding carboxylic acids is 3. The zero-order chi connectivity index (χ0) is 26.8. The predicted octanol–water partition coefficient (Wildman–Crippen LogP) is 2.59. The summed E-state index contributed by atoms with van der Waals surface area (Å²) in [5.74, 6) is -7.72. The van der Waals surface area contributed by atoms with Gasteiger partial charge in [-0.3, -0.25) is 9.59 Å². The van der Waals surface area contributed by atoms with Crippen molar-refractivity contribution in [3.63, 3.8) is 0 Å². The fourth-order valence-electron chi connectivity index (χ4n) is 5.47. The van der Waals surface area contributed by atoms with Gasteiger partial charge in [-0.25, -0.2) is 4.79 Å². The van der Waals surface area contributed by atoms with Crippen molar-refractivity contribution in [1.29, 1.82) is 0 Å². The Bertz CT molecular complexity index is 966. The molecule has 0 unspecified atom stereocenters. The third-order valence-electron chi connectivity index (χ3n) is 6.74. The molecule has 0 radical (unpaired) electrons. The molecule has 1 saturated heterocycles. The van der Waals surface area contributed by atoms with E-state index in [2.05, 4.69) is 0 Å². The number of aliphatic hydroxyl groups is 1. The molecule has 0 spiro atoms. The summed E-state index contributed by atoms with van der Waals surface area (Å²) in [6, 6.07) is 0. The van der Waals surface area contributed by atoms with Crippen molar-refractivity contribution in [2.24, 2.45) is 35.5 Å². The Kier molecular flexibility index (Phi) is 3.55. The third kappa shape index (κ3) is 3.79. The zero-order valence-electron chi connectivity index (χ0n) is 23.2. The molecule has 1 saturated carbocycles. The zero-order valence-corrected chi connectivity index (χ0v) is 16.2. The van der Waals surface area contributed by atoms with Crippen molar-refractivity contribution in [2.45, 2.75) is 64.6 Å². The molecule has 158 valence electrons. The Balaban J connectivity index is 1.67. The molecule has 2 bridgehead atoms. The number of aliphatic hydroxyl groups excluding tert-OH is 1. The first kappa shape index (κ1) is 13.4. The van der Waals surface area contributed by atoms with Gasteiger partial charge >= 0.3 is 11.9 Å². The molecule has 6 heteroatoms. The Morgan fingerprint density at radius 3 is 2.79 bits per heavy atom. The number of hydrogen-bond acceptors (Lipinski definition) is 6. The van der Waals surface area contributed by atoms with Crippen LogP contribution in [0.3, 0.4) is 0 Å². The van der Waals surface area contributed by atoms with Crippen LogP contribution in [0, 0.1) is 35.5 Å². The number of carbonyl (C=O) groups is 3. The van der Waals surface area contributed by atoms with Crippen LogP contribution in [0.25, 0.3) is 0 Å². The van der Waals surface area contributed by atoms with E-state index in [1.54, 1.807) is 13.0 Å². The summed E-state index contributed by atoms with van der Waals surface area (Å²) in [5, 5.41) is 10.6. The maximum absolute atomic E-state index is 12.9. The second kappa shape index (κ2) is 7.71. The molecule has 0 aromatic heterocycles. The van der Waals surface area contributed by atoms with Crippen molar-refractivity contribution >= 4 is 17.7 Å². The van der Waals surface area contributed by atoms with Gasteiger partial charge in [-0.15, -0.1) is 0 Å². The second-order valence-corrected chi connectivity index (χ2v) is 8.69. The first-order chi connectivity index (χ1) is 16.5. The number of allylic oxidation sites excluding steroid dienone is 2. The second-order valence-electron chi connectivity index (χ2n) is 8.69. The van der Waals surface area contributed by atoms with Crippen LogP contribution in [-0.2, 0) is 23.9 Å². The van der Waals surface area contributed by atoms with Gasteiger partial charge in [0.15, 0.2) is 5.78 Å². The van der Waals surface area contributed by atoms with Gasteiger partial charge in [-0.2, -0.15) is 0 Å². The minimum atomic E-state index is -3.45. The lowest BCUT2D eigenvalue weighted by atomic mass is 9.68. The lowest BCUT2D eigenvalue weighted by Gasteiger charge is -2.39. The van der Waals surface area contributed by atoms with Crippen LogP contribution >= 0.6 is 0 Å². The number of esters is 2. The van der Waals surface area contributed by atoms with E-state index in [1.807, 2.05) is 12.2 Å². The summed E-state index contributed by atoms with van der Waals surface area (Å²) in [6.45, 7) is -5.11. The molecule has 2 fully saturated rings. The molecule has 3 aliphatic carbocycles. The molecule has 5 aliphatic rings. The minimum absolute atomic E-state index is 0.00240. The van der Waals surface area contributed by atoms with Crippen molar-refractivity contribution in [3.8, 4) is 0 Å². The van der Waals surface area contributed by atoms with E-state index in [-0.39, 0.29) is 47.9 Å². The van der Waals surface area contributed by atoms with Gasteiger partial charge in [-0.1, -0.05) is 38.9 Å². The molecular formula is C23H30O6. The van der Waals surface area contributed by atoms with E-state index in [4.69, 9.17) is 19.1 Å². The van der Waals surface area contributed by atoms with E-state index in [1.165, 1.54) is 0 Å². The summed E-state index contributed by atoms with van der Waals surface area (Å²) >= 11 is 0. The number of hydrogen-bond donors (Lipinski definition) is 1. The monoisotopic (exact) mass is 409 g/mol. The lowest BCUT2D eigenvalue weighted by Crippen LogP contribution is -2.40. The number of ketones is 1. The van der Waals surface area contributed by atoms with E-state index in [0.29, 0.717) is 12.8 Å². The third-order valence-corrected chi connectivity index (χ3v) is 6.74. The largest absolute Gasteiger partial charge is 0.461 e. The smallest absolute Gasteiger partial charge is 0.341 e. The fraction of sp³-hybridized carbons (Fsp3) is 0.696. The van der Waals surface area contributed by atoms with Crippen molar-refractivity contribution in [2.75, 3.05) is 0 Å². The molecule has 0 aromatic rings. The normalized spacial score (nSPS) is 46.3. The highest BCUT2D eigenvalue weighted by Gasteiger charge is 2.49. The summed E-state index contributed by atoms with van der Waals surface area (Å²) in [7, 11) is 0. The fourth-order valence-corrected chi connectivity index (χ4v) is 5.47. The minimum Gasteiger partial charge on any atom is -0.461 e. The topological polar surface area (TPSA) is 89.9 Å². The van der Waals surface area contributed by atoms with Gasteiger partial charge in [-0.05, 0) is 36.5 Å². The maximum atomic E-state index is 12.9. The summed E-state index contributed by atoms with van der Waals surface area (Å²) in [6.07, 6.45) is 3.92. The molecule has 29 heavy (non-hydrogen) atoms. The predicted molar refractivity (Wildman–Crippen MR) is 104 cm³/mol. The number of rotatable bonds is 2. The standard InChI is InChI=1S/C23H30O6/c1-11(2)22(26)29-21-12(3)6-18-16(21)5-4-13-7-14(24)8-15-9-20(25)19(10-17(13)18)23(27)28-15/h4-5,10-18,21,24H,6-9H2,1-3H3/t12-,13+,14+,15+,16-,17-,18-,21-/m1/s1/i1D3,2D3,11D. The maximum Gasteiger partial charge on any atom is 0.341 e. The molecule has 0 aromatic carbocycles. The first-order valence-electron chi connectivity index (χ1n) is 13.6. The first-order valence-corrected chi connectivity index (χ1v) is 10.1. The quantitative estimate of drug-likeness (QED) is 0.428. The summed E-state index contributed by atoms with van der Waals surface area (Å²) < 4.78 is 64.3. The van der Waals surface area contributed by atoms with E-state index < -0.39 is 55.8 Å². The van der Waals surface area contributed by atoms with Gasteiger partial charge in [0.25, 0.3) is 0 Å². The molecule has 6 nitrogen and oxygen atoms in total. The van der Waals surface area contributed by atoms with Crippen LogP contribution in [0.2, 0.25) is 0 Å². The van der Waals surface area contributed by atoms with E-state index in [0.717, 1.165) is 0 Å². The average Bonchev–Trinajstić information content (AvgIpc) is 3.04. The van der Waals surface area contributed by atoms with Gasteiger partial charge in [0.05, 0.1) is 17.6 Å². The van der Waals surface area contributed by atoms with Crippen LogP contribution in [0.4, 0.5) is 0 Å². The van der Waals surface area contributed by atoms with Crippen molar-refractivity contribution in [3.05, 3.63) is 23.8 Å². The van der Waals surface area contributed by atoms with Crippen LogP contribution in [-0.4, -0.2) is 41.1 Å². The van der Waals surface area contributed by atoms with Gasteiger partial charge in [0.2, 0.25) is 0 Å². The number of Topliss-reactive ketones (excluding diaryl/α,β-unsaturated/α-hetero) is 1. The molecular weight excluding hydrogens is 372 g/mol. The summed E-state index contributed by atoms with van der Waals surface area (Å²) in [4.78, 5) is 38.2. The Hall–Kier alpha value is -1.95. The molecule has 8 atom stereocenters. The number of ether oxygens (including phenoxy) is 2. The van der Waals surface area contributed by atoms with Crippen molar-refractivity contribution in [1.82, 2.24) is 0 Å². The molecule has 2 heterocycles. The number of fused-ring (bicyclic) bond motifs is 5. The van der Waals surface area contributed by atoms with Gasteiger partial charge in [0, 0.05) is 28.4 Å². The van der Waals surface area contributed by atoms with Crippen LogP contribution in [0.15, 0.2) is 23.8 Å². The summed E-state index contributed by atoms with van der Waals surface area (Å²) in [5.41, 5.74) is -0.0326. The molecule has 2 aliphatic heterocycles. The van der Waals surface area contributed by atoms with Crippen LogP contribution < -0.4 is 0 Å². The Morgan fingerprint density at radius 2 is 2.07 bits per heavy atom. The highest BCUT2D eigenvalue weighted by Crippen LogP contribution is 2.50. The Labute approximate surface area is 181 Å². The van der Waals surface area contributed by atoms with Gasteiger partial charge < -0.3 is 14.6 Å². The highest BCUT2D eigenvalue weighted by molar-refractivity contribution is 6.18. The van der Waals surface area contributed by atoms with Gasteiger partial charge in [0.1, 0.15) is 12.2 Å².